The largest absolute Gasteiger partial charge is 0.374 e. The van der Waals surface area contributed by atoms with Crippen LogP contribution in [0.1, 0.15) is 318 Å². The van der Waals surface area contributed by atoms with E-state index < -0.39 is 0 Å². The van der Waals surface area contributed by atoms with E-state index in [4.69, 9.17) is 0 Å². The average molecular weight is 1600 g/mol. The Kier molecular flexibility index (Phi) is 17.7. The van der Waals surface area contributed by atoms with Gasteiger partial charge in [-0.25, -0.2) is 0 Å². The van der Waals surface area contributed by atoms with E-state index in [-0.39, 0.29) is 19.1 Å². The summed E-state index contributed by atoms with van der Waals surface area (Å²) in [6, 6.07) is 72.1. The first-order chi connectivity index (χ1) is 59.0. The molecule has 12 aromatic carbocycles. The predicted molar refractivity (Wildman–Crippen MR) is 517 cm³/mol. The predicted octanol–water partition coefficient (Wildman–Crippen LogP) is 30.3. The number of nitrogens with zero attached hydrogens (tertiary/aromatic N) is 1. The third-order valence-electron chi connectivity index (χ3n) is 34.8. The Balaban J connectivity index is 0.0000000949. The zero-order valence-electron chi connectivity index (χ0n) is 75.8. The van der Waals surface area contributed by atoms with Gasteiger partial charge in [0.1, 0.15) is 0 Å². The molecule has 1 heteroatoms. The molecule has 27 rings (SSSR count). The van der Waals surface area contributed by atoms with Crippen LogP contribution in [0.25, 0.3) is 55.6 Å². The molecule has 0 radical (unpaired) electrons. The molecule has 0 unspecified atom stereocenters. The van der Waals surface area contributed by atoms with Gasteiger partial charge >= 0.3 is 0 Å². The average Bonchev–Trinajstić information content (AvgIpc) is 1.52. The van der Waals surface area contributed by atoms with Gasteiger partial charge in [-0.05, 0) is 380 Å². The highest BCUT2D eigenvalue weighted by Gasteiger charge is 2.56. The molecule has 620 valence electrons. The van der Waals surface area contributed by atoms with Crippen molar-refractivity contribution in [3.8, 4) is 55.6 Å². The van der Waals surface area contributed by atoms with Crippen LogP contribution in [0.4, 0.5) is 5.69 Å². The maximum absolute atomic E-state index is 2.59. The van der Waals surface area contributed by atoms with Gasteiger partial charge in [0.2, 0.25) is 0 Å². The second kappa shape index (κ2) is 28.0. The van der Waals surface area contributed by atoms with Crippen LogP contribution in [0.5, 0.6) is 0 Å². The first-order valence-corrected chi connectivity index (χ1v) is 48.3. The first-order valence-electron chi connectivity index (χ1n) is 48.3. The molecule has 15 aliphatic rings. The van der Waals surface area contributed by atoms with Crippen molar-refractivity contribution in [2.24, 2.45) is 0 Å². The van der Waals surface area contributed by atoms with Crippen LogP contribution in [0.3, 0.4) is 0 Å². The Labute approximate surface area is 733 Å². The highest BCUT2D eigenvalue weighted by Crippen LogP contribution is 2.68. The van der Waals surface area contributed by atoms with E-state index in [2.05, 4.69) is 277 Å². The molecule has 0 amide bonds. The minimum atomic E-state index is -0.00813. The Morgan fingerprint density at radius 1 is 0.238 bits per heavy atom. The normalized spacial score (nSPS) is 20.0. The molecule has 0 atom stereocenters. The van der Waals surface area contributed by atoms with Crippen molar-refractivity contribution in [3.63, 3.8) is 0 Å². The van der Waals surface area contributed by atoms with E-state index in [1.54, 1.807) is 145 Å². The molecule has 0 aromatic heterocycles. The van der Waals surface area contributed by atoms with Crippen LogP contribution >= 0.6 is 0 Å². The van der Waals surface area contributed by atoms with E-state index in [0.29, 0.717) is 21.7 Å². The zero-order valence-corrected chi connectivity index (χ0v) is 75.8. The van der Waals surface area contributed by atoms with Crippen molar-refractivity contribution in [2.75, 3.05) is 18.5 Å². The van der Waals surface area contributed by atoms with Gasteiger partial charge in [-0.15, -0.1) is 0 Å². The molecule has 6 spiro atoms. The highest BCUT2D eigenvalue weighted by molar-refractivity contribution is 5.95. The van der Waals surface area contributed by atoms with E-state index in [1.807, 2.05) is 0 Å². The molecule has 122 heavy (non-hydrogen) atoms. The fourth-order valence-electron chi connectivity index (χ4n) is 29.9. The van der Waals surface area contributed by atoms with Crippen LogP contribution in [-0.4, -0.2) is 13.6 Å². The van der Waals surface area contributed by atoms with Gasteiger partial charge in [-0.3, -0.25) is 0 Å². The number of aryl methyl sites for hydroxylation is 15. The maximum atomic E-state index is 2.59. The number of rotatable bonds is 0. The van der Waals surface area contributed by atoms with E-state index in [0.717, 1.165) is 13.0 Å². The SMILES string of the molecule is Cc1cc2c3c(c1)C1(CCCC1)c1cc(C)cc(c1-3)C2(C)C.Cc1cc2c3c(c1)C1(CCCCC1)Cc1cc(C)cc(c1-3)C1(CCCCC1)C2.Cc1cc2c3c(c1)C1(CCc4ccccc41)c1cc(C)cc(c1-3)CC2.Cc1cc2c3c(c1)CC1(CCCC1)c1cc(C)cc(c1-3)CC2.Cc1ccc2c(c1)C1(CCN(C)c3ccccc31)c1cc(C)ccc1-2.[HH].[HH]. The van der Waals surface area contributed by atoms with Crippen molar-refractivity contribution < 1.29 is 2.85 Å². The fraction of sp³-hybridized carbons (Fsp3) is 0.405. The lowest BCUT2D eigenvalue weighted by Crippen LogP contribution is -2.40. The van der Waals surface area contributed by atoms with Crippen LogP contribution in [0.15, 0.2) is 182 Å². The van der Waals surface area contributed by atoms with Gasteiger partial charge in [-0.2, -0.15) is 0 Å². The summed E-state index contributed by atoms with van der Waals surface area (Å²) in [4.78, 5) is 2.41. The number of hydrogen-bond acceptors (Lipinski definition) is 1. The quantitative estimate of drug-likeness (QED) is 0.146. The summed E-state index contributed by atoms with van der Waals surface area (Å²) >= 11 is 0. The summed E-state index contributed by atoms with van der Waals surface area (Å²) in [5.74, 6) is 0. The number of fused-ring (bicyclic) bond motifs is 16. The second-order valence-corrected chi connectivity index (χ2v) is 43.0. The van der Waals surface area contributed by atoms with Crippen molar-refractivity contribution in [3.05, 3.63) is 354 Å². The van der Waals surface area contributed by atoms with Gasteiger partial charge in [0.15, 0.2) is 0 Å². The third-order valence-corrected chi connectivity index (χ3v) is 34.8. The Hall–Kier alpha value is -9.56. The molecule has 1 nitrogen and oxygen atoms in total. The second-order valence-electron chi connectivity index (χ2n) is 43.0. The Bertz CT molecular complexity index is 6200. The van der Waals surface area contributed by atoms with Crippen molar-refractivity contribution in [1.29, 1.82) is 0 Å². The lowest BCUT2D eigenvalue weighted by atomic mass is 9.54. The first kappa shape index (κ1) is 77.3. The van der Waals surface area contributed by atoms with Crippen LogP contribution in [0, 0.1) is 69.2 Å². The molecule has 14 aliphatic carbocycles. The monoisotopic (exact) mass is 1600 g/mol. The van der Waals surface area contributed by atoms with Gasteiger partial charge in [-0.1, -0.05) is 310 Å². The van der Waals surface area contributed by atoms with Gasteiger partial charge in [0, 0.05) is 38.4 Å². The number of para-hydroxylation sites is 1. The summed E-state index contributed by atoms with van der Waals surface area (Å²) in [6.07, 6.45) is 37.5. The smallest absolute Gasteiger partial charge is 0.0501 e. The van der Waals surface area contributed by atoms with Gasteiger partial charge in [0.25, 0.3) is 0 Å². The van der Waals surface area contributed by atoms with Crippen molar-refractivity contribution in [2.45, 2.75) is 301 Å². The van der Waals surface area contributed by atoms with Crippen molar-refractivity contribution >= 4 is 5.69 Å². The summed E-state index contributed by atoms with van der Waals surface area (Å²) < 4.78 is 0. The number of benzene rings is 12. The fourth-order valence-corrected chi connectivity index (χ4v) is 29.9. The topological polar surface area (TPSA) is 3.24 Å². The molecule has 0 bridgehead atoms. The molecule has 4 saturated carbocycles. The molecule has 1 heterocycles. The van der Waals surface area contributed by atoms with E-state index in [1.165, 1.54) is 263 Å². The number of hydrogen-bond donors (Lipinski definition) is 0. The lowest BCUT2D eigenvalue weighted by Gasteiger charge is -2.50. The molecule has 0 N–H and O–H groups in total. The van der Waals surface area contributed by atoms with Gasteiger partial charge < -0.3 is 4.90 Å². The Morgan fingerprint density at radius 3 is 1.03 bits per heavy atom. The van der Waals surface area contributed by atoms with E-state index in [9.17, 15) is 0 Å². The molecule has 12 aromatic rings. The minimum Gasteiger partial charge on any atom is -0.374 e. The summed E-state index contributed by atoms with van der Waals surface area (Å²) in [7, 11) is 2.22. The van der Waals surface area contributed by atoms with Crippen LogP contribution in [0.2, 0.25) is 0 Å². The molecule has 1 aliphatic heterocycles. The summed E-state index contributed by atoms with van der Waals surface area (Å²) in [6.45, 7) is 28.7. The molecule has 0 saturated heterocycles. The molecular weight excluding hydrogens is 1470 g/mol. The highest BCUT2D eigenvalue weighted by atomic mass is 15.1. The molecular formula is C121H131N. The summed E-state index contributed by atoms with van der Waals surface area (Å²) in [5.41, 5.74) is 67.3. The van der Waals surface area contributed by atoms with Crippen LogP contribution < -0.4 is 4.90 Å². The summed E-state index contributed by atoms with van der Waals surface area (Å²) in [5, 5.41) is 0. The van der Waals surface area contributed by atoms with E-state index >= 15 is 0 Å². The minimum absolute atomic E-state index is 0. The maximum Gasteiger partial charge on any atom is 0.0501 e. The standard InChI is InChI=1S/C28H34.C25H22.C24H23N.2C22H24.2H2/c1-19-13-21-17-28(11-7-4-8-12-28)24-16-20(2)14-22-18-27(9-5-3-6-10-27)23(15-19)25(21)26(22)24;1-15-11-18-7-8-19-12-16(2)14-22-24(19)23(18)21(13-15)25(22)10-9-17-5-3-4-6-20(17)25;1-16-8-10-18-19-11-9-17(2)15-22(19)24(21(18)14-16)12-13-25(3)23-7-5-4-6-20(23)24;1-13-9-15-19-17(11-13)22(7-5-6-8-22)18-12-14(2)10-16(20(18)19)21(15,3)4;1-14-9-16-5-6-17-10-15(2)12-19-21(17)20(16)18(11-14)13-22(19)7-3-4-8-22;;/h13-16H,3-12,17-18H2,1-2H3;3-6,11-14H,7-10H2,1-2H3;4-11,14-15H,12-13H2,1-3H3;9-12H,5-8H2,1-4H3;9-12H,3-8,13H2,1-2H3;2*1H. The lowest BCUT2D eigenvalue weighted by molar-refractivity contribution is 0.275. The third kappa shape index (κ3) is 11.2. The van der Waals surface area contributed by atoms with Crippen LogP contribution in [-0.2, 0) is 89.3 Å². The number of anilines is 1. The van der Waals surface area contributed by atoms with Gasteiger partial charge in [0.05, 0.1) is 5.41 Å². The Morgan fingerprint density at radius 2 is 0.566 bits per heavy atom. The van der Waals surface area contributed by atoms with Crippen molar-refractivity contribution in [1.82, 2.24) is 0 Å². The molecule has 4 fully saturated rings. The zero-order chi connectivity index (χ0) is 83.0.